The molecular weight excluding hydrogens is 342 g/mol. The number of nitriles is 1. The first-order chi connectivity index (χ1) is 9.42. The van der Waals surface area contributed by atoms with Gasteiger partial charge in [-0.05, 0) is 52.9 Å². The van der Waals surface area contributed by atoms with Crippen molar-refractivity contribution in [1.82, 2.24) is 4.31 Å². The summed E-state index contributed by atoms with van der Waals surface area (Å²) in [7, 11) is -3.53. The maximum Gasteiger partial charge on any atom is 0.301 e. The summed E-state index contributed by atoms with van der Waals surface area (Å²) in [6, 6.07) is 6.78. The number of anilines is 1. The second kappa shape index (κ2) is 6.12. The van der Waals surface area contributed by atoms with Crippen molar-refractivity contribution in [2.24, 2.45) is 5.92 Å². The summed E-state index contributed by atoms with van der Waals surface area (Å²) in [5, 5.41) is 8.80. The summed E-state index contributed by atoms with van der Waals surface area (Å²) >= 11 is 3.28. The molecule has 1 heterocycles. The maximum atomic E-state index is 12.3. The molecule has 2 rings (SSSR count). The minimum Gasteiger partial charge on any atom is -0.270 e. The highest BCUT2D eigenvalue weighted by atomic mass is 79.9. The molecular formula is C13H16BrN3O2S. The van der Waals surface area contributed by atoms with Gasteiger partial charge in [-0.3, -0.25) is 4.72 Å². The zero-order valence-electron chi connectivity index (χ0n) is 11.1. The molecule has 1 N–H and O–H groups in total. The fourth-order valence-corrected chi connectivity index (χ4v) is 3.98. The predicted molar refractivity (Wildman–Crippen MR) is 81.4 cm³/mol. The third-order valence-electron chi connectivity index (χ3n) is 3.42. The van der Waals surface area contributed by atoms with E-state index >= 15 is 0 Å². The van der Waals surface area contributed by atoms with Gasteiger partial charge in [0.05, 0.1) is 17.3 Å². The van der Waals surface area contributed by atoms with E-state index in [1.807, 2.05) is 6.07 Å². The largest absolute Gasteiger partial charge is 0.301 e. The molecule has 0 amide bonds. The van der Waals surface area contributed by atoms with Crippen LogP contribution in [0.2, 0.25) is 0 Å². The molecule has 1 fully saturated rings. The van der Waals surface area contributed by atoms with Crippen molar-refractivity contribution in [3.63, 3.8) is 0 Å². The van der Waals surface area contributed by atoms with Crippen molar-refractivity contribution in [2.45, 2.75) is 19.8 Å². The van der Waals surface area contributed by atoms with Gasteiger partial charge in [-0.1, -0.05) is 6.92 Å². The molecule has 0 aliphatic carbocycles. The van der Waals surface area contributed by atoms with Gasteiger partial charge in [0.1, 0.15) is 0 Å². The summed E-state index contributed by atoms with van der Waals surface area (Å²) in [5.74, 6) is 0.572. The Balaban J connectivity index is 2.14. The Morgan fingerprint density at radius 3 is 2.60 bits per heavy atom. The molecule has 108 valence electrons. The van der Waals surface area contributed by atoms with Crippen LogP contribution in [-0.2, 0) is 10.2 Å². The van der Waals surface area contributed by atoms with Gasteiger partial charge in [0.15, 0.2) is 0 Å². The Kier molecular flexibility index (Phi) is 4.68. The van der Waals surface area contributed by atoms with Crippen LogP contribution in [-0.4, -0.2) is 25.8 Å². The van der Waals surface area contributed by atoms with E-state index in [9.17, 15) is 8.42 Å². The summed E-state index contributed by atoms with van der Waals surface area (Å²) in [4.78, 5) is 0. The lowest BCUT2D eigenvalue weighted by atomic mass is 10.0. The molecule has 0 aromatic heterocycles. The van der Waals surface area contributed by atoms with Crippen LogP contribution in [0.5, 0.6) is 0 Å². The first kappa shape index (κ1) is 15.3. The molecule has 0 radical (unpaired) electrons. The molecule has 1 saturated heterocycles. The molecule has 1 aliphatic rings. The molecule has 0 atom stereocenters. The van der Waals surface area contributed by atoms with E-state index in [1.165, 1.54) is 4.31 Å². The Hall–Kier alpha value is -1.10. The molecule has 20 heavy (non-hydrogen) atoms. The number of benzene rings is 1. The number of halogens is 1. The maximum absolute atomic E-state index is 12.3. The normalized spacial score (nSPS) is 17.6. The molecule has 1 aromatic rings. The van der Waals surface area contributed by atoms with Crippen LogP contribution in [0.25, 0.3) is 0 Å². The van der Waals surface area contributed by atoms with E-state index in [0.29, 0.717) is 34.7 Å². The van der Waals surface area contributed by atoms with Crippen LogP contribution in [0.15, 0.2) is 22.7 Å². The fourth-order valence-electron chi connectivity index (χ4n) is 2.10. The van der Waals surface area contributed by atoms with Gasteiger partial charge in [0, 0.05) is 17.6 Å². The highest BCUT2D eigenvalue weighted by Gasteiger charge is 2.26. The van der Waals surface area contributed by atoms with E-state index in [-0.39, 0.29) is 0 Å². The van der Waals surface area contributed by atoms with Crippen LogP contribution in [0, 0.1) is 17.2 Å². The standard InChI is InChI=1S/C13H16BrN3O2S/c1-10-4-6-17(7-5-10)20(18,19)16-13-3-2-11(9-15)8-12(13)14/h2-3,8,10,16H,4-7H2,1H3. The summed E-state index contributed by atoms with van der Waals surface area (Å²) in [5.41, 5.74) is 0.925. The minimum atomic E-state index is -3.53. The van der Waals surface area contributed by atoms with Gasteiger partial charge in [0.25, 0.3) is 0 Å². The molecule has 0 unspecified atom stereocenters. The van der Waals surface area contributed by atoms with Gasteiger partial charge < -0.3 is 0 Å². The topological polar surface area (TPSA) is 73.2 Å². The second-order valence-electron chi connectivity index (χ2n) is 5.00. The minimum absolute atomic E-state index is 0.447. The van der Waals surface area contributed by atoms with E-state index in [4.69, 9.17) is 5.26 Å². The molecule has 1 aliphatic heterocycles. The van der Waals surface area contributed by atoms with Crippen molar-refractivity contribution >= 4 is 31.8 Å². The number of hydrogen-bond donors (Lipinski definition) is 1. The van der Waals surface area contributed by atoms with Crippen LogP contribution < -0.4 is 4.72 Å². The van der Waals surface area contributed by atoms with Crippen LogP contribution in [0.3, 0.4) is 0 Å². The molecule has 5 nitrogen and oxygen atoms in total. The first-order valence-corrected chi connectivity index (χ1v) is 8.63. The van der Waals surface area contributed by atoms with Crippen molar-refractivity contribution in [3.8, 4) is 6.07 Å². The molecule has 0 spiro atoms. The number of rotatable bonds is 3. The van der Waals surface area contributed by atoms with E-state index in [1.54, 1.807) is 18.2 Å². The smallest absolute Gasteiger partial charge is 0.270 e. The van der Waals surface area contributed by atoms with E-state index < -0.39 is 10.2 Å². The first-order valence-electron chi connectivity index (χ1n) is 6.40. The lowest BCUT2D eigenvalue weighted by Gasteiger charge is -2.29. The summed E-state index contributed by atoms with van der Waals surface area (Å²) < 4.78 is 29.2. The van der Waals surface area contributed by atoms with Gasteiger partial charge in [-0.25, -0.2) is 0 Å². The van der Waals surface area contributed by atoms with Gasteiger partial charge in [-0.15, -0.1) is 0 Å². The number of nitrogens with zero attached hydrogens (tertiary/aromatic N) is 2. The van der Waals surface area contributed by atoms with Crippen molar-refractivity contribution in [3.05, 3.63) is 28.2 Å². The van der Waals surface area contributed by atoms with Gasteiger partial charge in [-0.2, -0.15) is 18.0 Å². The van der Waals surface area contributed by atoms with Crippen molar-refractivity contribution in [1.29, 1.82) is 5.26 Å². The number of nitrogens with one attached hydrogen (secondary N) is 1. The second-order valence-corrected chi connectivity index (χ2v) is 7.52. The van der Waals surface area contributed by atoms with E-state index in [0.717, 1.165) is 12.8 Å². The molecule has 7 heteroatoms. The van der Waals surface area contributed by atoms with Crippen LogP contribution >= 0.6 is 15.9 Å². The third-order valence-corrected chi connectivity index (χ3v) is 5.60. The fraction of sp³-hybridized carbons (Fsp3) is 0.462. The summed E-state index contributed by atoms with van der Waals surface area (Å²) in [6.45, 7) is 3.23. The summed E-state index contributed by atoms with van der Waals surface area (Å²) in [6.07, 6.45) is 1.77. The molecule has 0 saturated carbocycles. The Bertz CT molecular complexity index is 632. The Morgan fingerprint density at radius 2 is 2.05 bits per heavy atom. The number of piperidine rings is 1. The highest BCUT2D eigenvalue weighted by molar-refractivity contribution is 9.10. The SMILES string of the molecule is CC1CCN(S(=O)(=O)Nc2ccc(C#N)cc2Br)CC1. The zero-order valence-corrected chi connectivity index (χ0v) is 13.5. The van der Waals surface area contributed by atoms with Gasteiger partial charge in [0.2, 0.25) is 0 Å². The molecule has 1 aromatic carbocycles. The molecule has 0 bridgehead atoms. The van der Waals surface area contributed by atoms with Crippen LogP contribution in [0.4, 0.5) is 5.69 Å². The zero-order chi connectivity index (χ0) is 14.8. The average molecular weight is 358 g/mol. The van der Waals surface area contributed by atoms with Crippen molar-refractivity contribution in [2.75, 3.05) is 17.8 Å². The monoisotopic (exact) mass is 357 g/mol. The van der Waals surface area contributed by atoms with Crippen molar-refractivity contribution < 1.29 is 8.42 Å². The van der Waals surface area contributed by atoms with E-state index in [2.05, 4.69) is 27.6 Å². The lowest BCUT2D eigenvalue weighted by molar-refractivity contribution is 0.289. The predicted octanol–water partition coefficient (Wildman–Crippen LogP) is 2.71. The Morgan fingerprint density at radius 1 is 1.40 bits per heavy atom. The quantitative estimate of drug-likeness (QED) is 0.903. The third kappa shape index (κ3) is 3.51. The highest BCUT2D eigenvalue weighted by Crippen LogP contribution is 2.26. The Labute approximate surface area is 127 Å². The van der Waals surface area contributed by atoms with Crippen LogP contribution in [0.1, 0.15) is 25.3 Å². The average Bonchev–Trinajstić information content (AvgIpc) is 2.41. The number of hydrogen-bond acceptors (Lipinski definition) is 3. The van der Waals surface area contributed by atoms with Gasteiger partial charge >= 0.3 is 10.2 Å². The lowest BCUT2D eigenvalue weighted by Crippen LogP contribution is -2.41.